The molecule has 7 heteroatoms. The third-order valence-corrected chi connectivity index (χ3v) is 5.80. The number of aromatic nitrogens is 2. The van der Waals surface area contributed by atoms with Crippen LogP contribution in [0.3, 0.4) is 0 Å². The zero-order chi connectivity index (χ0) is 21.8. The lowest BCUT2D eigenvalue weighted by Crippen LogP contribution is -2.28. The van der Waals surface area contributed by atoms with Gasteiger partial charge in [-0.05, 0) is 54.1 Å². The number of carbonyl (C=O) groups is 1. The number of fused-ring (bicyclic) bond motifs is 1. The second-order valence-corrected chi connectivity index (χ2v) is 7.95. The predicted molar refractivity (Wildman–Crippen MR) is 119 cm³/mol. The summed E-state index contributed by atoms with van der Waals surface area (Å²) in [5.74, 6) is -0.635. The fourth-order valence-electron chi connectivity index (χ4n) is 3.08. The Kier molecular flexibility index (Phi) is 6.23. The Balaban J connectivity index is 1.57. The number of amides is 1. The van der Waals surface area contributed by atoms with Gasteiger partial charge in [0.15, 0.2) is 0 Å². The molecule has 0 spiro atoms. The fraction of sp³-hybridized carbons (Fsp3) is 0.125. The van der Waals surface area contributed by atoms with Gasteiger partial charge in [-0.3, -0.25) is 4.79 Å². The number of hydrogen-bond acceptors (Lipinski definition) is 4. The molecule has 4 nitrogen and oxygen atoms in total. The van der Waals surface area contributed by atoms with E-state index in [9.17, 15) is 13.6 Å². The summed E-state index contributed by atoms with van der Waals surface area (Å²) in [5, 5.41) is 0.656. The first kappa shape index (κ1) is 20.9. The van der Waals surface area contributed by atoms with Gasteiger partial charge in [0.1, 0.15) is 16.7 Å². The minimum atomic E-state index is -0.351. The van der Waals surface area contributed by atoms with Crippen molar-refractivity contribution in [3.63, 3.8) is 0 Å². The van der Waals surface area contributed by atoms with Gasteiger partial charge in [0, 0.05) is 19.2 Å². The van der Waals surface area contributed by atoms with E-state index in [4.69, 9.17) is 9.97 Å². The maximum absolute atomic E-state index is 13.3. The molecule has 0 bridgehead atoms. The van der Waals surface area contributed by atoms with Gasteiger partial charge in [0.25, 0.3) is 0 Å². The molecular weight excluding hydrogens is 416 g/mol. The van der Waals surface area contributed by atoms with Gasteiger partial charge in [-0.2, -0.15) is 0 Å². The monoisotopic (exact) mass is 435 g/mol. The summed E-state index contributed by atoms with van der Waals surface area (Å²) in [6.07, 6.45) is 0.475. The quantitative estimate of drug-likeness (QED) is 0.388. The number of rotatable bonds is 6. The Morgan fingerprint density at radius 2 is 1.45 bits per heavy atom. The van der Waals surface area contributed by atoms with Crippen molar-refractivity contribution in [1.82, 2.24) is 9.97 Å². The molecule has 0 unspecified atom stereocenters. The molecule has 4 rings (SSSR count). The minimum absolute atomic E-state index is 0.140. The molecule has 156 valence electrons. The second-order valence-electron chi connectivity index (χ2n) is 6.99. The molecule has 1 heterocycles. The molecule has 3 aromatic carbocycles. The number of benzene rings is 3. The normalized spacial score (nSPS) is 10.9. The maximum Gasteiger partial charge on any atom is 0.237 e. The molecule has 0 aliphatic rings. The van der Waals surface area contributed by atoms with E-state index >= 15 is 0 Å². The van der Waals surface area contributed by atoms with Crippen molar-refractivity contribution in [1.29, 1.82) is 0 Å². The molecule has 0 fully saturated rings. The highest BCUT2D eigenvalue weighted by Crippen LogP contribution is 2.26. The topological polar surface area (TPSA) is 46.1 Å². The van der Waals surface area contributed by atoms with Crippen LogP contribution in [0.15, 0.2) is 77.8 Å². The first-order chi connectivity index (χ1) is 15.0. The van der Waals surface area contributed by atoms with Crippen LogP contribution in [0.1, 0.15) is 11.3 Å². The van der Waals surface area contributed by atoms with Gasteiger partial charge >= 0.3 is 0 Å². The van der Waals surface area contributed by atoms with Gasteiger partial charge in [-0.25, -0.2) is 18.7 Å². The summed E-state index contributed by atoms with van der Waals surface area (Å²) < 4.78 is 26.4. The lowest BCUT2D eigenvalue weighted by molar-refractivity contribution is -0.115. The van der Waals surface area contributed by atoms with Crippen LogP contribution in [0.5, 0.6) is 0 Å². The van der Waals surface area contributed by atoms with E-state index in [0.717, 1.165) is 22.3 Å². The van der Waals surface area contributed by atoms with Crippen molar-refractivity contribution in [3.8, 4) is 0 Å². The molecule has 0 saturated carbocycles. The van der Waals surface area contributed by atoms with Crippen LogP contribution in [-0.4, -0.2) is 28.7 Å². The van der Waals surface area contributed by atoms with Gasteiger partial charge in [0.2, 0.25) is 5.91 Å². The predicted octanol–water partition coefficient (Wildman–Crippen LogP) is 5.25. The number of carbonyl (C=O) groups excluding carboxylic acids is 1. The van der Waals surface area contributed by atoms with Gasteiger partial charge < -0.3 is 4.90 Å². The number of hydrogen-bond donors (Lipinski definition) is 0. The molecule has 4 aromatic rings. The zero-order valence-corrected chi connectivity index (χ0v) is 17.6. The summed E-state index contributed by atoms with van der Waals surface area (Å²) in [5.41, 5.74) is 3.75. The lowest BCUT2D eigenvalue weighted by Gasteiger charge is -2.17. The summed E-state index contributed by atoms with van der Waals surface area (Å²) in [6, 6.07) is 19.6. The Bertz CT molecular complexity index is 1210. The molecule has 1 aromatic heterocycles. The van der Waals surface area contributed by atoms with E-state index in [1.54, 1.807) is 31.3 Å². The van der Waals surface area contributed by atoms with Gasteiger partial charge in [0.05, 0.1) is 22.5 Å². The number of halogens is 2. The van der Waals surface area contributed by atoms with Crippen molar-refractivity contribution in [2.45, 2.75) is 11.4 Å². The molecule has 31 heavy (non-hydrogen) atoms. The Labute approximate surface area is 183 Å². The molecule has 1 amide bonds. The molecule has 0 N–H and O–H groups in total. The largest absolute Gasteiger partial charge is 0.315 e. The second kappa shape index (κ2) is 9.22. The molecular formula is C24H19F2N3OS. The standard InChI is InChI=1S/C24H19F2N3OS/c1-29(19-12-10-18(26)11-13-19)23(30)15-31-24-22(14-16-6-8-17(25)9-7-16)27-20-4-2-3-5-21(20)28-24/h2-13H,14-15H2,1H3. The highest BCUT2D eigenvalue weighted by Gasteiger charge is 2.16. The van der Waals surface area contributed by atoms with Crippen molar-refractivity contribution >= 4 is 34.4 Å². The SMILES string of the molecule is CN(C(=O)CSc1nc2ccccc2nc1Cc1ccc(F)cc1)c1ccc(F)cc1. The summed E-state index contributed by atoms with van der Waals surface area (Å²) in [4.78, 5) is 23.6. The maximum atomic E-state index is 13.3. The molecule has 0 atom stereocenters. The number of anilines is 1. The van der Waals surface area contributed by atoms with E-state index in [1.807, 2.05) is 24.3 Å². The Hall–Kier alpha value is -3.32. The van der Waals surface area contributed by atoms with Gasteiger partial charge in [-0.1, -0.05) is 36.0 Å². The van der Waals surface area contributed by atoms with E-state index in [1.165, 1.54) is 40.9 Å². The van der Waals surface area contributed by atoms with Crippen molar-refractivity contribution < 1.29 is 13.6 Å². The first-order valence-electron chi connectivity index (χ1n) is 9.64. The average Bonchev–Trinajstić information content (AvgIpc) is 2.79. The van der Waals surface area contributed by atoms with E-state index in [2.05, 4.69) is 0 Å². The minimum Gasteiger partial charge on any atom is -0.315 e. The number of thioether (sulfide) groups is 1. The first-order valence-corrected chi connectivity index (χ1v) is 10.6. The van der Waals surface area contributed by atoms with Crippen LogP contribution >= 0.6 is 11.8 Å². The van der Waals surface area contributed by atoms with Crippen LogP contribution in [0.25, 0.3) is 11.0 Å². The molecule has 0 saturated heterocycles. The number of nitrogens with zero attached hydrogens (tertiary/aromatic N) is 3. The summed E-state index contributed by atoms with van der Waals surface area (Å²) >= 11 is 1.31. The highest BCUT2D eigenvalue weighted by molar-refractivity contribution is 8.00. The fourth-order valence-corrected chi connectivity index (χ4v) is 3.98. The lowest BCUT2D eigenvalue weighted by atomic mass is 10.1. The van der Waals surface area contributed by atoms with Crippen LogP contribution in [0.2, 0.25) is 0 Å². The molecule has 0 aliphatic heterocycles. The van der Waals surface area contributed by atoms with Crippen molar-refractivity contribution in [2.75, 3.05) is 17.7 Å². The Morgan fingerprint density at radius 1 is 0.871 bits per heavy atom. The smallest absolute Gasteiger partial charge is 0.237 e. The molecule has 0 aliphatic carbocycles. The van der Waals surface area contributed by atoms with Crippen LogP contribution in [-0.2, 0) is 11.2 Å². The van der Waals surface area contributed by atoms with Gasteiger partial charge in [-0.15, -0.1) is 0 Å². The third kappa shape index (κ3) is 5.06. The third-order valence-electron chi connectivity index (χ3n) is 4.81. The Morgan fingerprint density at radius 3 is 2.10 bits per heavy atom. The van der Waals surface area contributed by atoms with Crippen molar-refractivity contribution in [3.05, 3.63) is 95.7 Å². The highest BCUT2D eigenvalue weighted by atomic mass is 32.2. The van der Waals surface area contributed by atoms with E-state index in [-0.39, 0.29) is 23.3 Å². The zero-order valence-electron chi connectivity index (χ0n) is 16.8. The van der Waals surface area contributed by atoms with E-state index in [0.29, 0.717) is 17.1 Å². The van der Waals surface area contributed by atoms with E-state index < -0.39 is 0 Å². The van der Waals surface area contributed by atoms with Crippen molar-refractivity contribution in [2.24, 2.45) is 0 Å². The number of para-hydroxylation sites is 2. The van der Waals surface area contributed by atoms with Crippen LogP contribution in [0.4, 0.5) is 14.5 Å². The average molecular weight is 435 g/mol. The summed E-state index contributed by atoms with van der Waals surface area (Å²) in [6.45, 7) is 0. The van der Waals surface area contributed by atoms with Crippen LogP contribution in [0, 0.1) is 11.6 Å². The van der Waals surface area contributed by atoms with Crippen LogP contribution < -0.4 is 4.90 Å². The molecule has 0 radical (unpaired) electrons. The summed E-state index contributed by atoms with van der Waals surface area (Å²) in [7, 11) is 1.65.